The van der Waals surface area contributed by atoms with Gasteiger partial charge >= 0.3 is 6.18 Å². The van der Waals surface area contributed by atoms with Gasteiger partial charge in [-0.2, -0.15) is 13.2 Å². The molecule has 92 valence electrons. The number of allylic oxidation sites excluding steroid dienone is 1. The van der Waals surface area contributed by atoms with Gasteiger partial charge in [-0.15, -0.1) is 0 Å². The molecule has 0 fully saturated rings. The number of halogens is 3. The molecule has 0 saturated carbocycles. The van der Waals surface area contributed by atoms with E-state index >= 15 is 0 Å². The van der Waals surface area contributed by atoms with E-state index in [9.17, 15) is 13.2 Å². The third kappa shape index (κ3) is 2.88. The van der Waals surface area contributed by atoms with Gasteiger partial charge in [0.15, 0.2) is 0 Å². The van der Waals surface area contributed by atoms with Gasteiger partial charge < -0.3 is 5.73 Å². The van der Waals surface area contributed by atoms with Gasteiger partial charge in [0.25, 0.3) is 0 Å². The molecule has 1 atom stereocenters. The molecule has 1 aliphatic rings. The second kappa shape index (κ2) is 4.53. The molecule has 2 rings (SSSR count). The number of benzene rings is 1. The first-order valence-corrected chi connectivity index (χ1v) is 5.59. The molecule has 2 N–H and O–H groups in total. The first-order valence-electron chi connectivity index (χ1n) is 5.59. The summed E-state index contributed by atoms with van der Waals surface area (Å²) in [6.45, 7) is 0. The van der Waals surface area contributed by atoms with Gasteiger partial charge in [0.05, 0.1) is 5.56 Å². The Morgan fingerprint density at radius 3 is 2.29 bits per heavy atom. The van der Waals surface area contributed by atoms with Crippen LogP contribution in [0.3, 0.4) is 0 Å². The fourth-order valence-corrected chi connectivity index (χ4v) is 2.05. The van der Waals surface area contributed by atoms with E-state index in [0.717, 1.165) is 42.5 Å². The fraction of sp³-hybridized carbons (Fsp3) is 0.385. The summed E-state index contributed by atoms with van der Waals surface area (Å²) in [6.07, 6.45) is 0.384. The normalized spacial score (nSPS) is 21.2. The predicted octanol–water partition coefficient (Wildman–Crippen LogP) is 3.60. The van der Waals surface area contributed by atoms with Gasteiger partial charge in [-0.1, -0.05) is 18.2 Å². The topological polar surface area (TPSA) is 26.0 Å². The van der Waals surface area contributed by atoms with E-state index in [4.69, 9.17) is 5.73 Å². The zero-order chi connectivity index (χ0) is 12.5. The lowest BCUT2D eigenvalue weighted by Crippen LogP contribution is -2.22. The smallest absolute Gasteiger partial charge is 0.327 e. The summed E-state index contributed by atoms with van der Waals surface area (Å²) in [5.74, 6) is 0. The third-order valence-corrected chi connectivity index (χ3v) is 2.99. The van der Waals surface area contributed by atoms with Crippen LogP contribution in [0.4, 0.5) is 13.2 Å². The average Bonchev–Trinajstić information content (AvgIpc) is 2.28. The monoisotopic (exact) mass is 241 g/mol. The van der Waals surface area contributed by atoms with Gasteiger partial charge in [0.1, 0.15) is 0 Å². The van der Waals surface area contributed by atoms with E-state index in [2.05, 4.69) is 6.08 Å². The maximum atomic E-state index is 12.4. The highest BCUT2D eigenvalue weighted by Gasteiger charge is 2.30. The van der Waals surface area contributed by atoms with Gasteiger partial charge in [-0.3, -0.25) is 0 Å². The summed E-state index contributed by atoms with van der Waals surface area (Å²) in [4.78, 5) is 0. The highest BCUT2D eigenvalue weighted by Crippen LogP contribution is 2.31. The first kappa shape index (κ1) is 12.2. The maximum absolute atomic E-state index is 12.4. The molecule has 1 aliphatic carbocycles. The van der Waals surface area contributed by atoms with Crippen LogP contribution in [-0.4, -0.2) is 6.04 Å². The minimum Gasteiger partial charge on any atom is -0.327 e. The van der Waals surface area contributed by atoms with E-state index in [0.29, 0.717) is 0 Å². The molecular weight excluding hydrogens is 227 g/mol. The maximum Gasteiger partial charge on any atom is 0.416 e. The number of hydrogen-bond acceptors (Lipinski definition) is 1. The Bertz CT molecular complexity index is 417. The third-order valence-electron chi connectivity index (χ3n) is 2.99. The number of alkyl halides is 3. The molecular formula is C13H14F3N. The van der Waals surface area contributed by atoms with E-state index in [1.165, 1.54) is 12.1 Å². The van der Waals surface area contributed by atoms with E-state index < -0.39 is 11.7 Å². The molecule has 0 spiro atoms. The number of rotatable bonds is 1. The van der Waals surface area contributed by atoms with E-state index in [-0.39, 0.29) is 6.04 Å². The summed E-state index contributed by atoms with van der Waals surface area (Å²) < 4.78 is 37.2. The lowest BCUT2D eigenvalue weighted by atomic mass is 9.90. The van der Waals surface area contributed by atoms with Crippen LogP contribution >= 0.6 is 0 Å². The summed E-state index contributed by atoms with van der Waals surface area (Å²) >= 11 is 0. The van der Waals surface area contributed by atoms with E-state index in [1.807, 2.05) is 0 Å². The Labute approximate surface area is 98.1 Å². The summed E-state index contributed by atoms with van der Waals surface area (Å²) in [6, 6.07) is 5.41. The van der Waals surface area contributed by atoms with Crippen molar-refractivity contribution in [3.8, 4) is 0 Å². The molecule has 0 unspecified atom stereocenters. The van der Waals surface area contributed by atoms with Crippen LogP contribution in [0.25, 0.3) is 5.57 Å². The summed E-state index contributed by atoms with van der Waals surface area (Å²) in [5.41, 5.74) is 7.13. The quantitative estimate of drug-likeness (QED) is 0.798. The zero-order valence-corrected chi connectivity index (χ0v) is 9.30. The van der Waals surface area contributed by atoms with Gasteiger partial charge in [0, 0.05) is 6.04 Å². The van der Waals surface area contributed by atoms with Gasteiger partial charge in [-0.25, -0.2) is 0 Å². The summed E-state index contributed by atoms with van der Waals surface area (Å²) in [5, 5.41) is 0. The van der Waals surface area contributed by atoms with Crippen LogP contribution in [0.2, 0.25) is 0 Å². The van der Waals surface area contributed by atoms with Crippen molar-refractivity contribution in [2.24, 2.45) is 5.73 Å². The largest absolute Gasteiger partial charge is 0.416 e. The van der Waals surface area contributed by atoms with Crippen LogP contribution < -0.4 is 5.73 Å². The van der Waals surface area contributed by atoms with Crippen molar-refractivity contribution >= 4 is 5.57 Å². The van der Waals surface area contributed by atoms with Crippen molar-refractivity contribution in [3.05, 3.63) is 41.5 Å². The predicted molar refractivity (Wildman–Crippen MR) is 61.2 cm³/mol. The van der Waals surface area contributed by atoms with Crippen molar-refractivity contribution in [1.82, 2.24) is 0 Å². The minimum atomic E-state index is -4.27. The Morgan fingerprint density at radius 2 is 1.76 bits per heavy atom. The van der Waals surface area contributed by atoms with Gasteiger partial charge in [-0.05, 0) is 42.5 Å². The van der Waals surface area contributed by atoms with Crippen LogP contribution in [0.1, 0.15) is 30.4 Å². The Kier molecular flexibility index (Phi) is 3.24. The van der Waals surface area contributed by atoms with Crippen LogP contribution in [-0.2, 0) is 6.18 Å². The highest BCUT2D eigenvalue weighted by atomic mass is 19.4. The van der Waals surface area contributed by atoms with Crippen molar-refractivity contribution in [3.63, 3.8) is 0 Å². The zero-order valence-electron chi connectivity index (χ0n) is 9.30. The van der Waals surface area contributed by atoms with Crippen molar-refractivity contribution in [1.29, 1.82) is 0 Å². The number of nitrogens with two attached hydrogens (primary N) is 1. The second-order valence-corrected chi connectivity index (χ2v) is 4.35. The van der Waals surface area contributed by atoms with Crippen LogP contribution in [0, 0.1) is 0 Å². The Balaban J connectivity index is 2.21. The molecule has 0 aliphatic heterocycles. The molecule has 0 amide bonds. The lowest BCUT2D eigenvalue weighted by Gasteiger charge is -2.19. The first-order chi connectivity index (χ1) is 7.97. The minimum absolute atomic E-state index is 0.122. The standard InChI is InChI=1S/C13H14F3N/c14-13(15,16)11-6-4-9(5-7-11)10-2-1-3-12(17)8-10/h2,4-7,12H,1,3,8,17H2/t12-/m1/s1. The molecule has 1 nitrogen and oxygen atoms in total. The Morgan fingerprint density at radius 1 is 1.12 bits per heavy atom. The van der Waals surface area contributed by atoms with Crippen molar-refractivity contribution in [2.75, 3.05) is 0 Å². The SMILES string of the molecule is N[C@@H]1CCC=C(c2ccc(C(F)(F)F)cc2)C1. The van der Waals surface area contributed by atoms with Crippen molar-refractivity contribution in [2.45, 2.75) is 31.5 Å². The molecule has 0 bridgehead atoms. The fourth-order valence-electron chi connectivity index (χ4n) is 2.05. The van der Waals surface area contributed by atoms with E-state index in [1.54, 1.807) is 0 Å². The van der Waals surface area contributed by atoms with Crippen LogP contribution in [0.15, 0.2) is 30.3 Å². The molecule has 17 heavy (non-hydrogen) atoms. The molecule has 1 aromatic carbocycles. The molecule has 1 aromatic rings. The molecule has 0 saturated heterocycles. The highest BCUT2D eigenvalue weighted by molar-refractivity contribution is 5.67. The molecule has 0 heterocycles. The second-order valence-electron chi connectivity index (χ2n) is 4.35. The van der Waals surface area contributed by atoms with Crippen molar-refractivity contribution < 1.29 is 13.2 Å². The van der Waals surface area contributed by atoms with Gasteiger partial charge in [0.2, 0.25) is 0 Å². The average molecular weight is 241 g/mol. The lowest BCUT2D eigenvalue weighted by molar-refractivity contribution is -0.137. The Hall–Kier alpha value is -1.29. The molecule has 0 aromatic heterocycles. The molecule has 0 radical (unpaired) electrons. The number of hydrogen-bond donors (Lipinski definition) is 1. The van der Waals surface area contributed by atoms with Crippen LogP contribution in [0.5, 0.6) is 0 Å². The summed E-state index contributed by atoms with van der Waals surface area (Å²) in [7, 11) is 0. The molecule has 4 heteroatoms.